The van der Waals surface area contributed by atoms with Crippen molar-refractivity contribution in [2.45, 2.75) is 59.5 Å². The Morgan fingerprint density at radius 2 is 1.66 bits per heavy atom. The van der Waals surface area contributed by atoms with E-state index in [1.54, 1.807) is 0 Å². The summed E-state index contributed by atoms with van der Waals surface area (Å²) in [5.74, 6) is 0.765. The monoisotopic (exact) mass is 626 g/mol. The Bertz CT molecular complexity index is 1610. The van der Waals surface area contributed by atoms with Gasteiger partial charge in [0.15, 0.2) is 5.11 Å². The van der Waals surface area contributed by atoms with Gasteiger partial charge in [0.1, 0.15) is 0 Å². The Morgan fingerprint density at radius 1 is 0.955 bits per heavy atom. The third-order valence-electron chi connectivity index (χ3n) is 9.46. The number of hydrogen-bond acceptors (Lipinski definition) is 4. The summed E-state index contributed by atoms with van der Waals surface area (Å²) in [6.45, 7) is 15.2. The number of rotatable bonds is 8. The summed E-state index contributed by atoms with van der Waals surface area (Å²) in [7, 11) is 0. The number of aromatic nitrogens is 2. The third kappa shape index (κ3) is 5.68. The molecule has 4 heterocycles. The summed E-state index contributed by atoms with van der Waals surface area (Å²) < 4.78 is 2.35. The zero-order valence-electron chi connectivity index (χ0n) is 26.4. The number of benzene rings is 2. The maximum Gasteiger partial charge on any atom is 0.174 e. The summed E-state index contributed by atoms with van der Waals surface area (Å²) >= 11 is 13.1. The smallest absolute Gasteiger partial charge is 0.174 e. The highest BCUT2D eigenvalue weighted by Gasteiger charge is 2.42. The summed E-state index contributed by atoms with van der Waals surface area (Å²) in [4.78, 5) is 11.8. The number of halogens is 1. The molecule has 0 aliphatic carbocycles. The maximum atomic E-state index is 7.02. The minimum absolute atomic E-state index is 0.106. The molecule has 6 nitrogen and oxygen atoms in total. The van der Waals surface area contributed by atoms with Crippen LogP contribution in [0.2, 0.25) is 5.02 Å². The molecule has 0 saturated carbocycles. The lowest BCUT2D eigenvalue weighted by Crippen LogP contribution is -2.33. The largest absolute Gasteiger partial charge is 0.372 e. The van der Waals surface area contributed by atoms with Gasteiger partial charge in [-0.2, -0.15) is 0 Å². The van der Waals surface area contributed by atoms with E-state index < -0.39 is 0 Å². The average molecular weight is 627 g/mol. The van der Waals surface area contributed by atoms with Gasteiger partial charge in [-0.15, -0.1) is 0 Å². The SMILES string of the molecule is CCN(CC)c1ccc(-n2c(C)cc([C@H]3[C@@H](c4ccccn4)NC(=S)N3c3ccc(N4CCC(C)CC4)c(Cl)c3)c2C)cc1. The number of thiocarbonyl (C=S) groups is 1. The number of pyridine rings is 1. The zero-order valence-corrected chi connectivity index (χ0v) is 28.0. The fourth-order valence-electron chi connectivity index (χ4n) is 6.99. The number of nitrogens with zero attached hydrogens (tertiary/aromatic N) is 5. The first-order valence-corrected chi connectivity index (χ1v) is 16.7. The zero-order chi connectivity index (χ0) is 31.0. The molecular formula is C36H43ClN6S. The van der Waals surface area contributed by atoms with Crippen molar-refractivity contribution in [2.75, 3.05) is 40.9 Å². The van der Waals surface area contributed by atoms with Gasteiger partial charge in [0, 0.05) is 60.8 Å². The fraction of sp³-hybridized carbons (Fsp3) is 0.389. The molecule has 2 aliphatic rings. The number of anilines is 3. The molecule has 6 rings (SSSR count). The van der Waals surface area contributed by atoms with Gasteiger partial charge in [0.25, 0.3) is 0 Å². The molecule has 0 bridgehead atoms. The summed E-state index contributed by atoms with van der Waals surface area (Å²) in [5.41, 5.74) is 9.02. The van der Waals surface area contributed by atoms with Crippen LogP contribution in [0, 0.1) is 19.8 Å². The standard InChI is InChI=1S/C36H43ClN6S/c1-6-40(7-2)27-11-13-28(14-12-27)42-25(4)22-30(26(42)5)35-34(32-10-8-9-19-38-32)39-36(44)43(35)29-15-16-33(31(37)23-29)41-20-17-24(3)18-21-41/h8-16,19,22-24,34-35H,6-7,17-18,20-21H2,1-5H3,(H,39,44)/t34-,35+/m1/s1. The van der Waals surface area contributed by atoms with Crippen LogP contribution in [0.5, 0.6) is 0 Å². The van der Waals surface area contributed by atoms with Crippen LogP contribution < -0.4 is 20.0 Å². The highest BCUT2D eigenvalue weighted by Crippen LogP contribution is 2.45. The maximum absolute atomic E-state index is 7.02. The third-order valence-corrected chi connectivity index (χ3v) is 10.1. The molecule has 2 aromatic carbocycles. The predicted octanol–water partition coefficient (Wildman–Crippen LogP) is 8.40. The molecule has 8 heteroatoms. The van der Waals surface area contributed by atoms with Crippen molar-refractivity contribution < 1.29 is 0 Å². The molecule has 0 radical (unpaired) electrons. The highest BCUT2D eigenvalue weighted by molar-refractivity contribution is 7.80. The Morgan fingerprint density at radius 3 is 2.30 bits per heavy atom. The van der Waals surface area contributed by atoms with Gasteiger partial charge in [0.2, 0.25) is 0 Å². The lowest BCUT2D eigenvalue weighted by Gasteiger charge is -2.33. The van der Waals surface area contributed by atoms with Crippen LogP contribution in [0.3, 0.4) is 0 Å². The topological polar surface area (TPSA) is 39.6 Å². The first kappa shape index (κ1) is 30.5. The Balaban J connectivity index is 1.40. The molecule has 44 heavy (non-hydrogen) atoms. The van der Waals surface area contributed by atoms with E-state index in [2.05, 4.69) is 114 Å². The first-order valence-electron chi connectivity index (χ1n) is 15.9. The van der Waals surface area contributed by atoms with Gasteiger partial charge in [-0.3, -0.25) is 4.98 Å². The quantitative estimate of drug-likeness (QED) is 0.198. The van der Waals surface area contributed by atoms with Crippen molar-refractivity contribution in [2.24, 2.45) is 5.92 Å². The van der Waals surface area contributed by atoms with Gasteiger partial charge >= 0.3 is 0 Å². The molecule has 2 aromatic heterocycles. The summed E-state index contributed by atoms with van der Waals surface area (Å²) in [5, 5.41) is 5.06. The molecule has 1 N–H and O–H groups in total. The van der Waals surface area contributed by atoms with E-state index in [-0.39, 0.29) is 12.1 Å². The summed E-state index contributed by atoms with van der Waals surface area (Å²) in [6.07, 6.45) is 4.24. The molecule has 2 atom stereocenters. The molecule has 0 unspecified atom stereocenters. The van der Waals surface area contributed by atoms with Crippen LogP contribution in [0.1, 0.15) is 68.3 Å². The normalized spacial score (nSPS) is 19.0. The first-order chi connectivity index (χ1) is 21.3. The van der Waals surface area contributed by atoms with Gasteiger partial charge in [0.05, 0.1) is 28.5 Å². The van der Waals surface area contributed by atoms with E-state index in [0.717, 1.165) is 59.9 Å². The van der Waals surface area contributed by atoms with E-state index in [1.807, 2.05) is 18.3 Å². The molecule has 2 aliphatic heterocycles. The predicted molar refractivity (Wildman–Crippen MR) is 189 cm³/mol. The Hall–Kier alpha value is -3.55. The van der Waals surface area contributed by atoms with Crippen molar-refractivity contribution in [1.82, 2.24) is 14.9 Å². The number of nitrogens with one attached hydrogen (secondary N) is 1. The van der Waals surface area contributed by atoms with Gasteiger partial charge in [-0.25, -0.2) is 0 Å². The van der Waals surface area contributed by atoms with Gasteiger partial charge in [-0.05, 0) is 125 Å². The van der Waals surface area contributed by atoms with Crippen molar-refractivity contribution in [1.29, 1.82) is 0 Å². The Kier molecular flexibility index (Phi) is 8.88. The lowest BCUT2D eigenvalue weighted by atomic mass is 9.96. The minimum atomic E-state index is -0.121. The molecule has 0 amide bonds. The molecule has 4 aromatic rings. The average Bonchev–Trinajstić information content (AvgIpc) is 3.53. The van der Waals surface area contributed by atoms with Crippen LogP contribution in [0.15, 0.2) is 72.9 Å². The summed E-state index contributed by atoms with van der Waals surface area (Å²) in [6, 6.07) is 23.5. The van der Waals surface area contributed by atoms with E-state index in [4.69, 9.17) is 28.8 Å². The van der Waals surface area contributed by atoms with Crippen LogP contribution in [-0.4, -0.2) is 40.8 Å². The van der Waals surface area contributed by atoms with Crippen molar-refractivity contribution in [3.05, 3.63) is 101 Å². The van der Waals surface area contributed by atoms with Crippen molar-refractivity contribution >= 4 is 46.0 Å². The van der Waals surface area contributed by atoms with Crippen LogP contribution in [-0.2, 0) is 0 Å². The number of hydrogen-bond donors (Lipinski definition) is 1. The molecule has 230 valence electrons. The minimum Gasteiger partial charge on any atom is -0.372 e. The molecule has 0 spiro atoms. The molecular weight excluding hydrogens is 584 g/mol. The van der Waals surface area contributed by atoms with Crippen LogP contribution >= 0.6 is 23.8 Å². The van der Waals surface area contributed by atoms with Gasteiger partial charge < -0.3 is 24.6 Å². The number of piperidine rings is 1. The lowest BCUT2D eigenvalue weighted by molar-refractivity contribution is 0.438. The number of aryl methyl sites for hydroxylation is 1. The van der Waals surface area contributed by atoms with Crippen LogP contribution in [0.4, 0.5) is 17.1 Å². The van der Waals surface area contributed by atoms with E-state index >= 15 is 0 Å². The van der Waals surface area contributed by atoms with E-state index in [0.29, 0.717) is 5.11 Å². The molecule has 2 fully saturated rings. The second kappa shape index (κ2) is 12.8. The van der Waals surface area contributed by atoms with Crippen molar-refractivity contribution in [3.63, 3.8) is 0 Å². The Labute approximate surface area is 272 Å². The van der Waals surface area contributed by atoms with E-state index in [1.165, 1.54) is 35.5 Å². The van der Waals surface area contributed by atoms with Crippen molar-refractivity contribution in [3.8, 4) is 5.69 Å². The van der Waals surface area contributed by atoms with Crippen LogP contribution in [0.25, 0.3) is 5.69 Å². The second-order valence-electron chi connectivity index (χ2n) is 12.2. The molecule has 2 saturated heterocycles. The second-order valence-corrected chi connectivity index (χ2v) is 12.9. The fourth-order valence-corrected chi connectivity index (χ4v) is 7.63. The highest BCUT2D eigenvalue weighted by atomic mass is 35.5. The van der Waals surface area contributed by atoms with Gasteiger partial charge in [-0.1, -0.05) is 24.6 Å². The van der Waals surface area contributed by atoms with E-state index in [9.17, 15) is 0 Å².